The fraction of sp³-hybridized carbons (Fsp3) is 0. The maximum atomic E-state index is 3.72. The van der Waals surface area contributed by atoms with Gasteiger partial charge in [-0.1, -0.05) is 6.07 Å². The molecule has 0 atom stereocenters. The Morgan fingerprint density at radius 3 is 1.75 bits per heavy atom. The van der Waals surface area contributed by atoms with Crippen molar-refractivity contribution in [2.45, 2.75) is 0 Å². The van der Waals surface area contributed by atoms with Gasteiger partial charge in [0.1, 0.15) is 0 Å². The van der Waals surface area contributed by atoms with E-state index in [9.17, 15) is 0 Å². The molecule has 1 aromatic carbocycles. The minimum absolute atomic E-state index is 0. The Labute approximate surface area is 82.4 Å². The molecule has 0 radical (unpaired) electrons. The predicted octanol–water partition coefficient (Wildman–Crippen LogP) is 1.87. The summed E-state index contributed by atoms with van der Waals surface area (Å²) in [5, 5.41) is 0. The Morgan fingerprint density at radius 2 is 1.50 bits per heavy atom. The van der Waals surface area contributed by atoms with Crippen molar-refractivity contribution >= 4 is 0 Å². The third kappa shape index (κ3) is 2.67. The first kappa shape index (κ1) is 8.43. The zero-order valence-corrected chi connectivity index (χ0v) is 7.12. The van der Waals surface area contributed by atoms with Crippen LogP contribution in [-0.4, -0.2) is 0 Å². The fourth-order valence-corrected chi connectivity index (χ4v) is 0.478. The van der Waals surface area contributed by atoms with Crippen LogP contribution in [0.3, 0.4) is 0 Å². The van der Waals surface area contributed by atoms with Gasteiger partial charge in [0.15, 0.2) is 0 Å². The van der Waals surface area contributed by atoms with Crippen molar-refractivity contribution in [2.24, 2.45) is 0 Å². The summed E-state index contributed by atoms with van der Waals surface area (Å²) in [6, 6.07) is 9.87. The first-order chi connectivity index (χ1) is 3.39. The minimum Gasteiger partial charge on any atom is -0.199 e. The van der Waals surface area contributed by atoms with Crippen molar-refractivity contribution in [1.82, 2.24) is 0 Å². The maximum absolute atomic E-state index is 3.72. The molecule has 0 aromatic heterocycles. The van der Waals surface area contributed by atoms with Crippen molar-refractivity contribution < 1.29 is 40.4 Å². The van der Waals surface area contributed by atoms with Gasteiger partial charge in [-0.3, -0.25) is 0 Å². The van der Waals surface area contributed by atoms with Crippen LogP contribution in [-0.2, 0) is 0 Å². The normalized spacial score (nSPS) is 7.50. The van der Waals surface area contributed by atoms with E-state index in [1.807, 2.05) is 30.3 Å². The van der Waals surface area contributed by atoms with E-state index in [-0.39, 0.29) is 40.4 Å². The van der Waals surface area contributed by atoms with E-state index in [1.54, 1.807) is 0 Å². The summed E-state index contributed by atoms with van der Waals surface area (Å²) in [4.78, 5) is 0. The van der Waals surface area contributed by atoms with Crippen molar-refractivity contribution in [2.75, 3.05) is 0 Å². The molecule has 0 spiro atoms. The average Bonchev–Trinajstić information content (AvgIpc) is 1.69. The molecular formula is C7H7Sm-. The third-order valence-electron chi connectivity index (χ3n) is 0.843. The van der Waals surface area contributed by atoms with E-state index in [4.69, 9.17) is 0 Å². The van der Waals surface area contributed by atoms with Crippen LogP contribution in [0.5, 0.6) is 0 Å². The van der Waals surface area contributed by atoms with Gasteiger partial charge in [0.25, 0.3) is 0 Å². The Morgan fingerprint density at radius 1 is 1.00 bits per heavy atom. The summed E-state index contributed by atoms with van der Waals surface area (Å²) in [7, 11) is 0. The molecule has 0 aliphatic heterocycles. The topological polar surface area (TPSA) is 0 Å². The quantitative estimate of drug-likeness (QED) is 0.608. The molecule has 0 aliphatic carbocycles. The molecule has 0 nitrogen and oxygen atoms in total. The van der Waals surface area contributed by atoms with Gasteiger partial charge in [-0.05, 0) is 0 Å². The zero-order chi connectivity index (χ0) is 5.11. The van der Waals surface area contributed by atoms with Crippen molar-refractivity contribution in [3.8, 4) is 0 Å². The smallest absolute Gasteiger partial charge is 0 e. The van der Waals surface area contributed by atoms with Crippen LogP contribution >= 0.6 is 0 Å². The summed E-state index contributed by atoms with van der Waals surface area (Å²) in [5.41, 5.74) is 1.07. The summed E-state index contributed by atoms with van der Waals surface area (Å²) in [5.74, 6) is 0. The van der Waals surface area contributed by atoms with Gasteiger partial charge in [0.2, 0.25) is 0 Å². The zero-order valence-electron chi connectivity index (χ0n) is 4.50. The largest absolute Gasteiger partial charge is 0.199 e. The predicted molar refractivity (Wildman–Crippen MR) is 30.9 cm³/mol. The summed E-state index contributed by atoms with van der Waals surface area (Å²) < 4.78 is 0. The van der Waals surface area contributed by atoms with Crippen LogP contribution in [0.4, 0.5) is 0 Å². The summed E-state index contributed by atoms with van der Waals surface area (Å²) >= 11 is 0. The molecule has 1 rings (SSSR count). The molecule has 0 saturated heterocycles. The third-order valence-corrected chi connectivity index (χ3v) is 0.843. The van der Waals surface area contributed by atoms with E-state index in [1.165, 1.54) is 0 Å². The number of rotatable bonds is 0. The first-order valence-corrected chi connectivity index (χ1v) is 2.26. The molecule has 0 fully saturated rings. The van der Waals surface area contributed by atoms with E-state index in [0.29, 0.717) is 0 Å². The van der Waals surface area contributed by atoms with Crippen molar-refractivity contribution in [1.29, 1.82) is 0 Å². The standard InChI is InChI=1S/C7H7.Sm/c1-7-5-3-2-4-6-7;/h2-6H,1H2;/q-1;. The Balaban J connectivity index is 0.000000490. The molecular weight excluding hydrogens is 234 g/mol. The molecule has 1 heteroatoms. The summed E-state index contributed by atoms with van der Waals surface area (Å²) in [6.07, 6.45) is 0. The van der Waals surface area contributed by atoms with Gasteiger partial charge in [-0.25, -0.2) is 0 Å². The first-order valence-electron chi connectivity index (χ1n) is 2.26. The van der Waals surface area contributed by atoms with Crippen LogP contribution < -0.4 is 0 Å². The van der Waals surface area contributed by atoms with E-state index in [2.05, 4.69) is 6.92 Å². The molecule has 0 aliphatic rings. The van der Waals surface area contributed by atoms with Gasteiger partial charge in [-0.15, -0.1) is 12.1 Å². The monoisotopic (exact) mass is 243 g/mol. The SMILES string of the molecule is [CH2-]c1ccccc1.[Sm]. The second kappa shape index (κ2) is 4.32. The molecule has 0 saturated carbocycles. The molecule has 0 amide bonds. The van der Waals surface area contributed by atoms with Gasteiger partial charge in [-0.2, -0.15) is 24.6 Å². The molecule has 1 aromatic rings. The molecule has 0 bridgehead atoms. The van der Waals surface area contributed by atoms with Gasteiger partial charge in [0.05, 0.1) is 0 Å². The number of benzene rings is 1. The average molecular weight is 241 g/mol. The molecule has 0 unspecified atom stereocenters. The van der Waals surface area contributed by atoms with Crippen molar-refractivity contribution in [3.63, 3.8) is 0 Å². The van der Waals surface area contributed by atoms with E-state index in [0.717, 1.165) is 5.56 Å². The van der Waals surface area contributed by atoms with Crippen LogP contribution in [0.2, 0.25) is 0 Å². The second-order valence-corrected chi connectivity index (χ2v) is 1.49. The minimum atomic E-state index is 0. The fourth-order valence-electron chi connectivity index (χ4n) is 0.478. The molecule has 42 valence electrons. The van der Waals surface area contributed by atoms with Crippen molar-refractivity contribution in [3.05, 3.63) is 42.8 Å². The Kier molecular flexibility index (Phi) is 4.55. The second-order valence-electron chi connectivity index (χ2n) is 1.49. The van der Waals surface area contributed by atoms with E-state index >= 15 is 0 Å². The Bertz CT molecular complexity index is 134. The van der Waals surface area contributed by atoms with Gasteiger partial charge < -0.3 is 0 Å². The number of hydrogen-bond acceptors (Lipinski definition) is 0. The Hall–Kier alpha value is 0.428. The number of hydrogen-bond donors (Lipinski definition) is 0. The molecule has 0 N–H and O–H groups in total. The molecule has 0 heterocycles. The van der Waals surface area contributed by atoms with Crippen LogP contribution in [0.15, 0.2) is 30.3 Å². The van der Waals surface area contributed by atoms with Crippen LogP contribution in [0, 0.1) is 47.3 Å². The molecule has 8 heavy (non-hydrogen) atoms. The van der Waals surface area contributed by atoms with Gasteiger partial charge >= 0.3 is 0 Å². The summed E-state index contributed by atoms with van der Waals surface area (Å²) in [6.45, 7) is 3.72. The van der Waals surface area contributed by atoms with Crippen LogP contribution in [0.25, 0.3) is 0 Å². The van der Waals surface area contributed by atoms with Gasteiger partial charge in [0, 0.05) is 40.4 Å². The maximum Gasteiger partial charge on any atom is 0 e. The van der Waals surface area contributed by atoms with E-state index < -0.39 is 0 Å². The van der Waals surface area contributed by atoms with Crippen LogP contribution in [0.1, 0.15) is 5.56 Å².